The van der Waals surface area contributed by atoms with Crippen LogP contribution in [-0.4, -0.2) is 5.78 Å². The summed E-state index contributed by atoms with van der Waals surface area (Å²) in [5.41, 5.74) is 5.25. The fourth-order valence-corrected chi connectivity index (χ4v) is 2.29. The van der Waals surface area contributed by atoms with Crippen molar-refractivity contribution in [1.82, 2.24) is 0 Å². The van der Waals surface area contributed by atoms with Crippen molar-refractivity contribution in [2.24, 2.45) is 0 Å². The number of rotatable bonds is 2. The molecule has 0 amide bonds. The number of hydrogen-bond donors (Lipinski definition) is 1. The van der Waals surface area contributed by atoms with E-state index in [9.17, 15) is 13.6 Å². The summed E-state index contributed by atoms with van der Waals surface area (Å²) in [6, 6.07) is 6.78. The monoisotopic (exact) mass is 389 g/mol. The number of carbonyl (C=O) groups excluding carboxylic acids is 1. The van der Waals surface area contributed by atoms with Gasteiger partial charge in [0.1, 0.15) is 5.82 Å². The fourth-order valence-electron chi connectivity index (χ4n) is 1.60. The number of hydrogen-bond acceptors (Lipinski definition) is 2. The van der Waals surface area contributed by atoms with Gasteiger partial charge in [-0.3, -0.25) is 4.79 Å². The van der Waals surface area contributed by atoms with Gasteiger partial charge in [0, 0.05) is 15.7 Å². The number of ketones is 1. The van der Waals surface area contributed by atoms with E-state index >= 15 is 0 Å². The van der Waals surface area contributed by atoms with Gasteiger partial charge in [0.05, 0.1) is 10.0 Å². The van der Waals surface area contributed by atoms with Gasteiger partial charge in [-0.2, -0.15) is 0 Å². The van der Waals surface area contributed by atoms with Gasteiger partial charge in [-0.05, 0) is 46.3 Å². The highest BCUT2D eigenvalue weighted by molar-refractivity contribution is 9.10. The first-order valence-electron chi connectivity index (χ1n) is 5.15. The Balaban J connectivity index is 2.63. The average Bonchev–Trinajstić information content (AvgIpc) is 2.37. The van der Waals surface area contributed by atoms with Crippen molar-refractivity contribution in [2.75, 3.05) is 5.73 Å². The van der Waals surface area contributed by atoms with E-state index in [1.54, 1.807) is 6.07 Å². The van der Waals surface area contributed by atoms with Crippen LogP contribution in [0.15, 0.2) is 39.3 Å². The summed E-state index contributed by atoms with van der Waals surface area (Å²) in [5, 5.41) is 0. The Morgan fingerprint density at radius 1 is 1.11 bits per heavy atom. The second-order valence-corrected chi connectivity index (χ2v) is 5.55. The summed E-state index contributed by atoms with van der Waals surface area (Å²) in [6.45, 7) is 0. The molecule has 0 unspecified atom stereocenters. The second-order valence-electron chi connectivity index (χ2n) is 3.78. The predicted octanol–water partition coefficient (Wildman–Crippen LogP) is 4.30. The molecule has 0 fully saturated rings. The van der Waals surface area contributed by atoms with Crippen LogP contribution in [0.1, 0.15) is 15.9 Å². The van der Waals surface area contributed by atoms with Crippen molar-refractivity contribution in [3.63, 3.8) is 0 Å². The molecule has 0 heterocycles. The summed E-state index contributed by atoms with van der Waals surface area (Å²) in [5.74, 6) is -2.66. The zero-order chi connectivity index (χ0) is 14.2. The largest absolute Gasteiger partial charge is 0.398 e. The first kappa shape index (κ1) is 14.1. The van der Waals surface area contributed by atoms with E-state index in [0.717, 1.165) is 6.07 Å². The third-order valence-corrected chi connectivity index (χ3v) is 3.64. The highest BCUT2D eigenvalue weighted by Crippen LogP contribution is 2.27. The third-order valence-electron chi connectivity index (χ3n) is 2.53. The van der Waals surface area contributed by atoms with Crippen LogP contribution in [0, 0.1) is 11.6 Å². The van der Waals surface area contributed by atoms with E-state index in [0.29, 0.717) is 4.47 Å². The molecule has 0 radical (unpaired) electrons. The minimum absolute atomic E-state index is 0.0193. The lowest BCUT2D eigenvalue weighted by molar-refractivity contribution is 0.103. The van der Waals surface area contributed by atoms with Crippen LogP contribution >= 0.6 is 31.9 Å². The Bertz CT molecular complexity index is 674. The molecule has 0 bridgehead atoms. The molecule has 2 aromatic rings. The van der Waals surface area contributed by atoms with Gasteiger partial charge < -0.3 is 5.73 Å². The molecule has 0 aliphatic heterocycles. The quantitative estimate of drug-likeness (QED) is 0.472. The Morgan fingerprint density at radius 2 is 1.79 bits per heavy atom. The van der Waals surface area contributed by atoms with E-state index in [2.05, 4.69) is 31.9 Å². The molecule has 19 heavy (non-hydrogen) atoms. The van der Waals surface area contributed by atoms with Gasteiger partial charge in [0.25, 0.3) is 0 Å². The van der Waals surface area contributed by atoms with Crippen molar-refractivity contribution in [2.45, 2.75) is 0 Å². The van der Waals surface area contributed by atoms with Crippen LogP contribution in [0.4, 0.5) is 14.5 Å². The van der Waals surface area contributed by atoms with Gasteiger partial charge in [-0.1, -0.05) is 15.9 Å². The average molecular weight is 391 g/mol. The number of halogens is 4. The van der Waals surface area contributed by atoms with Crippen molar-refractivity contribution < 1.29 is 13.6 Å². The molecule has 0 aromatic heterocycles. The Kier molecular flexibility index (Phi) is 4.01. The summed E-state index contributed by atoms with van der Waals surface area (Å²) in [7, 11) is 0. The normalized spacial score (nSPS) is 10.5. The van der Waals surface area contributed by atoms with Crippen LogP contribution in [0.2, 0.25) is 0 Å². The van der Waals surface area contributed by atoms with Crippen LogP contribution in [0.3, 0.4) is 0 Å². The molecule has 0 aliphatic carbocycles. The highest BCUT2D eigenvalue weighted by Gasteiger charge is 2.22. The van der Waals surface area contributed by atoms with E-state index in [1.165, 1.54) is 18.2 Å². The molecule has 0 saturated heterocycles. The molecule has 2 nitrogen and oxygen atoms in total. The number of nitrogen functional groups attached to an aromatic ring is 1. The maximum absolute atomic E-state index is 13.9. The zero-order valence-electron chi connectivity index (χ0n) is 9.38. The van der Waals surface area contributed by atoms with Crippen molar-refractivity contribution in [1.29, 1.82) is 0 Å². The fraction of sp³-hybridized carbons (Fsp3) is 0. The maximum Gasteiger partial charge on any atom is 0.201 e. The van der Waals surface area contributed by atoms with Crippen LogP contribution in [0.5, 0.6) is 0 Å². The third kappa shape index (κ3) is 2.69. The molecule has 2 aromatic carbocycles. The first-order chi connectivity index (χ1) is 8.91. The van der Waals surface area contributed by atoms with Crippen LogP contribution < -0.4 is 5.73 Å². The number of carbonyl (C=O) groups is 1. The molecule has 6 heteroatoms. The molecule has 0 spiro atoms. The van der Waals surface area contributed by atoms with Crippen LogP contribution in [0.25, 0.3) is 0 Å². The number of nitrogens with two attached hydrogens (primary N) is 1. The van der Waals surface area contributed by atoms with E-state index in [4.69, 9.17) is 5.73 Å². The van der Waals surface area contributed by atoms with E-state index < -0.39 is 23.0 Å². The van der Waals surface area contributed by atoms with Gasteiger partial charge in [0.15, 0.2) is 5.82 Å². The van der Waals surface area contributed by atoms with Gasteiger partial charge in [0.2, 0.25) is 5.78 Å². The Labute approximate surface area is 124 Å². The number of anilines is 1. The van der Waals surface area contributed by atoms with Crippen molar-refractivity contribution in [3.05, 3.63) is 62.0 Å². The molecule has 2 N–H and O–H groups in total. The standard InChI is InChI=1S/C13H7Br2F2NO/c14-6-1-4-10(18)7(5-6)13(19)11-9(16)3-2-8(15)12(11)17/h1-5H,18H2. The lowest BCUT2D eigenvalue weighted by Crippen LogP contribution is -2.10. The molecule has 0 atom stereocenters. The molecule has 98 valence electrons. The lowest BCUT2D eigenvalue weighted by Gasteiger charge is -2.08. The molecule has 0 saturated carbocycles. The molecular weight excluding hydrogens is 384 g/mol. The van der Waals surface area contributed by atoms with Crippen LogP contribution in [-0.2, 0) is 0 Å². The van der Waals surface area contributed by atoms with Crippen molar-refractivity contribution in [3.8, 4) is 0 Å². The van der Waals surface area contributed by atoms with Crippen molar-refractivity contribution >= 4 is 43.3 Å². The summed E-state index contributed by atoms with van der Waals surface area (Å²) < 4.78 is 28.2. The smallest absolute Gasteiger partial charge is 0.201 e. The summed E-state index contributed by atoms with van der Waals surface area (Å²) in [6.07, 6.45) is 0. The Morgan fingerprint density at radius 3 is 2.47 bits per heavy atom. The van der Waals surface area contributed by atoms with E-state index in [1.807, 2.05) is 0 Å². The lowest BCUT2D eigenvalue weighted by atomic mass is 10.0. The summed E-state index contributed by atoms with van der Waals surface area (Å²) in [4.78, 5) is 12.2. The predicted molar refractivity (Wildman–Crippen MR) is 76.0 cm³/mol. The maximum atomic E-state index is 13.9. The van der Waals surface area contributed by atoms with Gasteiger partial charge in [-0.15, -0.1) is 0 Å². The molecule has 2 rings (SSSR count). The SMILES string of the molecule is Nc1ccc(Br)cc1C(=O)c1c(F)ccc(Br)c1F. The van der Waals surface area contributed by atoms with E-state index in [-0.39, 0.29) is 15.7 Å². The van der Waals surface area contributed by atoms with Gasteiger partial charge >= 0.3 is 0 Å². The molecule has 0 aliphatic rings. The number of benzene rings is 2. The first-order valence-corrected chi connectivity index (χ1v) is 6.73. The minimum Gasteiger partial charge on any atom is -0.398 e. The molecular formula is C13H7Br2F2NO. The Hall–Kier alpha value is -1.27. The minimum atomic E-state index is -0.940. The highest BCUT2D eigenvalue weighted by atomic mass is 79.9. The van der Waals surface area contributed by atoms with Gasteiger partial charge in [-0.25, -0.2) is 8.78 Å². The second kappa shape index (κ2) is 5.38. The summed E-state index contributed by atoms with van der Waals surface area (Å²) >= 11 is 6.10. The zero-order valence-corrected chi connectivity index (χ0v) is 12.6. The topological polar surface area (TPSA) is 43.1 Å².